The molecule has 0 aliphatic heterocycles. The summed E-state index contributed by atoms with van der Waals surface area (Å²) in [7, 11) is 0. The number of aromatic nitrogens is 2. The summed E-state index contributed by atoms with van der Waals surface area (Å²) in [6.45, 7) is 5.80. The minimum atomic E-state index is 0.00259. The molecule has 0 bridgehead atoms. The molecule has 1 aliphatic carbocycles. The Balaban J connectivity index is 1.56. The Kier molecular flexibility index (Phi) is 7.35. The topological polar surface area (TPSA) is 66.1 Å². The Morgan fingerprint density at radius 2 is 2.11 bits per heavy atom. The molecule has 0 radical (unpaired) electrons. The molecule has 0 fully saturated rings. The highest BCUT2D eigenvalue weighted by Gasteiger charge is 2.19. The first kappa shape index (κ1) is 20.4. The van der Waals surface area contributed by atoms with Gasteiger partial charge in [-0.15, -0.1) is 11.3 Å². The van der Waals surface area contributed by atoms with E-state index >= 15 is 0 Å². The van der Waals surface area contributed by atoms with Crippen molar-refractivity contribution in [3.8, 4) is 0 Å². The van der Waals surface area contributed by atoms with Crippen molar-refractivity contribution in [1.82, 2.24) is 14.9 Å². The molecule has 0 aromatic carbocycles. The van der Waals surface area contributed by atoms with Gasteiger partial charge in [0.15, 0.2) is 0 Å². The monoisotopic (exact) mass is 407 g/mol. The maximum atomic E-state index is 12.5. The molecule has 0 saturated heterocycles. The quantitative estimate of drug-likeness (QED) is 0.635. The standard InChI is InChI=1S/C20H29N3O2S2/c1-3-5-11-23(4-2)17(24)10-12-26-13-16-21-19(25)18-14-8-6-7-9-15(14)27-20(18)22-16/h3-13H2,1-2H3,(H,21,22,25). The number of aryl methyl sites for hydroxylation is 2. The van der Waals surface area contributed by atoms with Gasteiger partial charge in [0.1, 0.15) is 10.7 Å². The highest BCUT2D eigenvalue weighted by molar-refractivity contribution is 7.98. The second kappa shape index (κ2) is 9.73. The third-order valence-electron chi connectivity index (χ3n) is 5.09. The van der Waals surface area contributed by atoms with Crippen LogP contribution in [0.3, 0.4) is 0 Å². The summed E-state index contributed by atoms with van der Waals surface area (Å²) in [6, 6.07) is 0. The highest BCUT2D eigenvalue weighted by atomic mass is 32.2. The Labute approximate surface area is 169 Å². The number of carbonyl (C=O) groups excluding carboxylic acids is 1. The van der Waals surface area contributed by atoms with Crippen molar-refractivity contribution >= 4 is 39.2 Å². The van der Waals surface area contributed by atoms with Crippen molar-refractivity contribution in [3.63, 3.8) is 0 Å². The summed E-state index contributed by atoms with van der Waals surface area (Å²) in [5.41, 5.74) is 1.23. The Morgan fingerprint density at radius 1 is 1.30 bits per heavy atom. The van der Waals surface area contributed by atoms with E-state index in [9.17, 15) is 9.59 Å². The van der Waals surface area contributed by atoms with Crippen LogP contribution in [0.15, 0.2) is 4.79 Å². The predicted octanol–water partition coefficient (Wildman–Crippen LogP) is 4.14. The summed E-state index contributed by atoms with van der Waals surface area (Å²) in [5, 5.41) is 0.813. The van der Waals surface area contributed by atoms with Crippen molar-refractivity contribution in [2.75, 3.05) is 18.8 Å². The Morgan fingerprint density at radius 3 is 2.89 bits per heavy atom. The van der Waals surface area contributed by atoms with E-state index in [0.29, 0.717) is 12.2 Å². The van der Waals surface area contributed by atoms with Crippen LogP contribution in [-0.2, 0) is 23.4 Å². The van der Waals surface area contributed by atoms with Crippen LogP contribution in [0, 0.1) is 0 Å². The maximum Gasteiger partial charge on any atom is 0.259 e. The van der Waals surface area contributed by atoms with Crippen LogP contribution in [0.1, 0.15) is 62.2 Å². The molecule has 7 heteroatoms. The van der Waals surface area contributed by atoms with Crippen molar-refractivity contribution in [2.45, 2.75) is 64.5 Å². The molecule has 3 rings (SSSR count). The van der Waals surface area contributed by atoms with Gasteiger partial charge in [0, 0.05) is 30.1 Å². The van der Waals surface area contributed by atoms with E-state index in [2.05, 4.69) is 11.9 Å². The van der Waals surface area contributed by atoms with E-state index in [1.54, 1.807) is 23.1 Å². The highest BCUT2D eigenvalue weighted by Crippen LogP contribution is 2.33. The number of nitrogens with one attached hydrogen (secondary N) is 1. The van der Waals surface area contributed by atoms with Gasteiger partial charge in [0.05, 0.1) is 11.1 Å². The number of aromatic amines is 1. The minimum Gasteiger partial charge on any atom is -0.343 e. The van der Waals surface area contributed by atoms with Crippen LogP contribution in [0.4, 0.5) is 0 Å². The lowest BCUT2D eigenvalue weighted by Gasteiger charge is -2.20. The molecule has 0 unspecified atom stereocenters. The average Bonchev–Trinajstić information content (AvgIpc) is 3.04. The summed E-state index contributed by atoms with van der Waals surface area (Å²) < 4.78 is 0. The zero-order valence-electron chi connectivity index (χ0n) is 16.3. The second-order valence-corrected chi connectivity index (χ2v) is 9.22. The first-order chi connectivity index (χ1) is 13.1. The molecule has 148 valence electrons. The maximum absolute atomic E-state index is 12.5. The fraction of sp³-hybridized carbons (Fsp3) is 0.650. The molecule has 1 amide bonds. The van der Waals surface area contributed by atoms with E-state index in [4.69, 9.17) is 4.98 Å². The van der Waals surface area contributed by atoms with Crippen molar-refractivity contribution < 1.29 is 4.79 Å². The lowest BCUT2D eigenvalue weighted by Crippen LogP contribution is -2.31. The number of hydrogen-bond donors (Lipinski definition) is 1. The number of nitrogens with zero attached hydrogens (tertiary/aromatic N) is 2. The zero-order valence-corrected chi connectivity index (χ0v) is 17.9. The summed E-state index contributed by atoms with van der Waals surface area (Å²) in [4.78, 5) is 36.6. The first-order valence-corrected chi connectivity index (χ1v) is 12.0. The van der Waals surface area contributed by atoms with E-state index in [-0.39, 0.29) is 11.5 Å². The fourth-order valence-electron chi connectivity index (χ4n) is 3.57. The molecule has 2 aromatic heterocycles. The van der Waals surface area contributed by atoms with Gasteiger partial charge in [-0.2, -0.15) is 11.8 Å². The predicted molar refractivity (Wildman–Crippen MR) is 115 cm³/mol. The first-order valence-electron chi connectivity index (χ1n) is 10.0. The molecule has 1 aliphatic rings. The zero-order chi connectivity index (χ0) is 19.2. The number of carbonyl (C=O) groups is 1. The number of amides is 1. The van der Waals surface area contributed by atoms with Gasteiger partial charge in [-0.25, -0.2) is 4.98 Å². The van der Waals surface area contributed by atoms with Gasteiger partial charge in [0.25, 0.3) is 5.56 Å². The lowest BCUT2D eigenvalue weighted by atomic mass is 9.97. The Hall–Kier alpha value is -1.34. The number of thioether (sulfide) groups is 1. The molecule has 0 spiro atoms. The molecule has 2 aromatic rings. The van der Waals surface area contributed by atoms with Gasteiger partial charge in [-0.05, 0) is 44.6 Å². The van der Waals surface area contributed by atoms with Crippen LogP contribution in [0.25, 0.3) is 10.2 Å². The molecule has 1 N–H and O–H groups in total. The van der Waals surface area contributed by atoms with Crippen LogP contribution in [0.2, 0.25) is 0 Å². The van der Waals surface area contributed by atoms with Crippen molar-refractivity contribution in [2.24, 2.45) is 0 Å². The number of unbranched alkanes of at least 4 members (excludes halogenated alkanes) is 1. The normalized spacial score (nSPS) is 13.7. The van der Waals surface area contributed by atoms with Gasteiger partial charge in [0.2, 0.25) is 5.91 Å². The summed E-state index contributed by atoms with van der Waals surface area (Å²) in [5.74, 6) is 2.34. The molecule has 0 atom stereocenters. The summed E-state index contributed by atoms with van der Waals surface area (Å²) >= 11 is 3.35. The van der Waals surface area contributed by atoms with Crippen molar-refractivity contribution in [1.29, 1.82) is 0 Å². The molecule has 0 saturated carbocycles. The van der Waals surface area contributed by atoms with Crippen molar-refractivity contribution in [3.05, 3.63) is 26.6 Å². The van der Waals surface area contributed by atoms with E-state index in [1.165, 1.54) is 16.9 Å². The SMILES string of the molecule is CCCCN(CC)C(=O)CCSCc1nc2sc3c(c2c(=O)[nH]1)CCCC3. The van der Waals surface area contributed by atoms with Gasteiger partial charge in [-0.3, -0.25) is 9.59 Å². The number of H-pyrrole nitrogens is 1. The second-order valence-electron chi connectivity index (χ2n) is 7.03. The van der Waals surface area contributed by atoms with Crippen LogP contribution < -0.4 is 5.56 Å². The molecule has 2 heterocycles. The number of thiophene rings is 1. The van der Waals surface area contributed by atoms with Crippen LogP contribution in [0.5, 0.6) is 0 Å². The van der Waals surface area contributed by atoms with E-state index in [1.807, 2.05) is 11.8 Å². The minimum absolute atomic E-state index is 0.00259. The average molecular weight is 408 g/mol. The third-order valence-corrected chi connectivity index (χ3v) is 7.25. The van der Waals surface area contributed by atoms with E-state index in [0.717, 1.165) is 67.0 Å². The smallest absolute Gasteiger partial charge is 0.259 e. The summed E-state index contributed by atoms with van der Waals surface area (Å²) in [6.07, 6.45) is 7.16. The third kappa shape index (κ3) is 4.93. The van der Waals surface area contributed by atoms with Gasteiger partial charge >= 0.3 is 0 Å². The number of fused-ring (bicyclic) bond motifs is 3. The van der Waals surface area contributed by atoms with E-state index < -0.39 is 0 Å². The van der Waals surface area contributed by atoms with Crippen LogP contribution >= 0.6 is 23.1 Å². The van der Waals surface area contributed by atoms with Crippen LogP contribution in [-0.4, -0.2) is 39.6 Å². The molecular weight excluding hydrogens is 378 g/mol. The molecular formula is C20H29N3O2S2. The lowest BCUT2D eigenvalue weighted by molar-refractivity contribution is -0.130. The number of hydrogen-bond acceptors (Lipinski definition) is 5. The van der Waals surface area contributed by atoms with Gasteiger partial charge < -0.3 is 9.88 Å². The van der Waals surface area contributed by atoms with Gasteiger partial charge in [-0.1, -0.05) is 13.3 Å². The largest absolute Gasteiger partial charge is 0.343 e. The number of rotatable bonds is 9. The Bertz CT molecular complexity index is 844. The molecule has 27 heavy (non-hydrogen) atoms. The molecule has 5 nitrogen and oxygen atoms in total. The fourth-order valence-corrected chi connectivity index (χ4v) is 5.65.